The van der Waals surface area contributed by atoms with E-state index in [0.29, 0.717) is 12.0 Å². The molecule has 19 heavy (non-hydrogen) atoms. The minimum atomic E-state index is 0.632. The Kier molecular flexibility index (Phi) is 5.45. The van der Waals surface area contributed by atoms with E-state index in [1.54, 1.807) is 0 Å². The molecule has 1 unspecified atom stereocenters. The first-order chi connectivity index (χ1) is 9.20. The smallest absolute Gasteiger partial charge is 0.0133 e. The lowest BCUT2D eigenvalue weighted by Gasteiger charge is -2.30. The van der Waals surface area contributed by atoms with E-state index in [2.05, 4.69) is 50.5 Å². The van der Waals surface area contributed by atoms with E-state index in [-0.39, 0.29) is 0 Å². The van der Waals surface area contributed by atoms with Crippen LogP contribution in [-0.4, -0.2) is 13.1 Å². The van der Waals surface area contributed by atoms with Crippen molar-refractivity contribution in [2.24, 2.45) is 5.92 Å². The molecule has 1 nitrogen and oxygen atoms in total. The van der Waals surface area contributed by atoms with Crippen molar-refractivity contribution in [2.75, 3.05) is 7.05 Å². The first-order valence-electron chi connectivity index (χ1n) is 7.97. The van der Waals surface area contributed by atoms with E-state index < -0.39 is 0 Å². The standard InChI is InChI=1S/C18H29N/c1-14(2)16-11-9-15(10-12-16)13-18(19-3)17-7-5-4-6-8-17/h9-12,14,17-19H,4-8,13H2,1-3H3. The van der Waals surface area contributed by atoms with Crippen LogP contribution in [0.4, 0.5) is 0 Å². The predicted octanol–water partition coefficient (Wildman–Crippen LogP) is 4.52. The van der Waals surface area contributed by atoms with E-state index in [4.69, 9.17) is 0 Å². The Balaban J connectivity index is 1.97. The van der Waals surface area contributed by atoms with Crippen LogP contribution in [0.5, 0.6) is 0 Å². The molecule has 0 spiro atoms. The molecule has 1 aromatic carbocycles. The van der Waals surface area contributed by atoms with Gasteiger partial charge in [-0.2, -0.15) is 0 Å². The average molecular weight is 259 g/mol. The molecule has 0 radical (unpaired) electrons. The van der Waals surface area contributed by atoms with Crippen molar-refractivity contribution in [3.63, 3.8) is 0 Å². The number of benzene rings is 1. The summed E-state index contributed by atoms with van der Waals surface area (Å²) in [6, 6.07) is 9.90. The quantitative estimate of drug-likeness (QED) is 0.819. The number of hydrogen-bond acceptors (Lipinski definition) is 1. The summed E-state index contributed by atoms with van der Waals surface area (Å²) in [6.45, 7) is 4.51. The normalized spacial score (nSPS) is 18.7. The molecule has 0 saturated heterocycles. The molecule has 1 aliphatic rings. The highest BCUT2D eigenvalue weighted by Gasteiger charge is 2.22. The summed E-state index contributed by atoms with van der Waals surface area (Å²) >= 11 is 0. The van der Waals surface area contributed by atoms with Crippen LogP contribution in [0.2, 0.25) is 0 Å². The lowest BCUT2D eigenvalue weighted by Crippen LogP contribution is -2.36. The van der Waals surface area contributed by atoms with Crippen LogP contribution >= 0.6 is 0 Å². The summed E-state index contributed by atoms with van der Waals surface area (Å²) in [4.78, 5) is 0. The summed E-state index contributed by atoms with van der Waals surface area (Å²) in [5.74, 6) is 1.51. The van der Waals surface area contributed by atoms with Gasteiger partial charge in [0.15, 0.2) is 0 Å². The van der Waals surface area contributed by atoms with Gasteiger partial charge in [-0.25, -0.2) is 0 Å². The minimum Gasteiger partial charge on any atom is -0.316 e. The van der Waals surface area contributed by atoms with Gasteiger partial charge in [-0.15, -0.1) is 0 Å². The Morgan fingerprint density at radius 3 is 2.21 bits per heavy atom. The van der Waals surface area contributed by atoms with E-state index in [9.17, 15) is 0 Å². The van der Waals surface area contributed by atoms with E-state index >= 15 is 0 Å². The van der Waals surface area contributed by atoms with Gasteiger partial charge < -0.3 is 5.32 Å². The minimum absolute atomic E-state index is 0.632. The Morgan fingerprint density at radius 1 is 1.05 bits per heavy atom. The molecule has 1 fully saturated rings. The van der Waals surface area contributed by atoms with Gasteiger partial charge in [-0.05, 0) is 49.3 Å². The van der Waals surface area contributed by atoms with Gasteiger partial charge >= 0.3 is 0 Å². The summed E-state index contributed by atoms with van der Waals surface area (Å²) in [5, 5.41) is 3.56. The molecule has 2 rings (SSSR count). The van der Waals surface area contributed by atoms with Crippen LogP contribution in [0, 0.1) is 5.92 Å². The van der Waals surface area contributed by atoms with E-state index in [1.165, 1.54) is 49.7 Å². The average Bonchev–Trinajstić information content (AvgIpc) is 2.46. The Hall–Kier alpha value is -0.820. The maximum absolute atomic E-state index is 3.56. The molecule has 0 aliphatic heterocycles. The second-order valence-electron chi connectivity index (χ2n) is 6.39. The van der Waals surface area contributed by atoms with Gasteiger partial charge in [-0.1, -0.05) is 57.4 Å². The molecule has 106 valence electrons. The van der Waals surface area contributed by atoms with E-state index in [1.807, 2.05) is 0 Å². The Bertz CT molecular complexity index is 360. The maximum Gasteiger partial charge on any atom is 0.0133 e. The van der Waals surface area contributed by atoms with Crippen molar-refractivity contribution in [2.45, 2.75) is 64.3 Å². The van der Waals surface area contributed by atoms with Gasteiger partial charge in [0.25, 0.3) is 0 Å². The molecule has 0 aromatic heterocycles. The van der Waals surface area contributed by atoms with Gasteiger partial charge in [-0.3, -0.25) is 0 Å². The van der Waals surface area contributed by atoms with Gasteiger partial charge in [0.05, 0.1) is 0 Å². The lowest BCUT2D eigenvalue weighted by atomic mass is 9.81. The van der Waals surface area contributed by atoms with Crippen molar-refractivity contribution in [3.05, 3.63) is 35.4 Å². The number of rotatable bonds is 5. The van der Waals surface area contributed by atoms with Crippen molar-refractivity contribution in [1.29, 1.82) is 0 Å². The Labute approximate surface area is 118 Å². The zero-order chi connectivity index (χ0) is 13.7. The maximum atomic E-state index is 3.56. The number of likely N-dealkylation sites (N-methyl/N-ethyl adjacent to an activating group) is 1. The largest absolute Gasteiger partial charge is 0.316 e. The third-order valence-corrected chi connectivity index (χ3v) is 4.69. The number of hydrogen-bond donors (Lipinski definition) is 1. The van der Waals surface area contributed by atoms with Gasteiger partial charge in [0, 0.05) is 6.04 Å². The fourth-order valence-electron chi connectivity index (χ4n) is 3.33. The summed E-state index contributed by atoms with van der Waals surface area (Å²) in [6.07, 6.45) is 8.30. The van der Waals surface area contributed by atoms with Crippen molar-refractivity contribution >= 4 is 0 Å². The molecule has 1 aliphatic carbocycles. The highest BCUT2D eigenvalue weighted by Crippen LogP contribution is 2.28. The molecule has 0 amide bonds. The molecule has 0 heterocycles. The predicted molar refractivity (Wildman–Crippen MR) is 83.7 cm³/mol. The second kappa shape index (κ2) is 7.09. The highest BCUT2D eigenvalue weighted by atomic mass is 14.9. The molecule has 1 N–H and O–H groups in total. The Morgan fingerprint density at radius 2 is 1.68 bits per heavy atom. The first kappa shape index (κ1) is 14.6. The highest BCUT2D eigenvalue weighted by molar-refractivity contribution is 5.25. The third-order valence-electron chi connectivity index (χ3n) is 4.69. The fraction of sp³-hybridized carbons (Fsp3) is 0.667. The van der Waals surface area contributed by atoms with Gasteiger partial charge in [0.1, 0.15) is 0 Å². The zero-order valence-corrected chi connectivity index (χ0v) is 12.8. The molecule has 1 heteroatoms. The monoisotopic (exact) mass is 259 g/mol. The molecular formula is C18H29N. The second-order valence-corrected chi connectivity index (χ2v) is 6.39. The van der Waals surface area contributed by atoms with Gasteiger partial charge in [0.2, 0.25) is 0 Å². The molecule has 0 bridgehead atoms. The SMILES string of the molecule is CNC(Cc1ccc(C(C)C)cc1)C1CCCCC1. The summed E-state index contributed by atoms with van der Waals surface area (Å²) < 4.78 is 0. The van der Waals surface area contributed by atoms with Crippen molar-refractivity contribution in [1.82, 2.24) is 5.32 Å². The van der Waals surface area contributed by atoms with Crippen LogP contribution < -0.4 is 5.32 Å². The van der Waals surface area contributed by atoms with Crippen molar-refractivity contribution in [3.8, 4) is 0 Å². The molecule has 1 aromatic rings. The van der Waals surface area contributed by atoms with Crippen LogP contribution in [0.1, 0.15) is 63.0 Å². The van der Waals surface area contributed by atoms with Crippen molar-refractivity contribution < 1.29 is 0 Å². The molecule has 1 saturated carbocycles. The van der Waals surface area contributed by atoms with E-state index in [0.717, 1.165) is 5.92 Å². The van der Waals surface area contributed by atoms with Crippen LogP contribution in [0.15, 0.2) is 24.3 Å². The fourth-order valence-corrected chi connectivity index (χ4v) is 3.33. The topological polar surface area (TPSA) is 12.0 Å². The first-order valence-corrected chi connectivity index (χ1v) is 7.97. The lowest BCUT2D eigenvalue weighted by molar-refractivity contribution is 0.277. The third kappa shape index (κ3) is 4.07. The van der Waals surface area contributed by atoms with Crippen LogP contribution in [-0.2, 0) is 6.42 Å². The number of nitrogens with one attached hydrogen (secondary N) is 1. The summed E-state index contributed by atoms with van der Waals surface area (Å²) in [7, 11) is 2.13. The molecular weight excluding hydrogens is 230 g/mol. The zero-order valence-electron chi connectivity index (χ0n) is 12.8. The van der Waals surface area contributed by atoms with Crippen LogP contribution in [0.3, 0.4) is 0 Å². The summed E-state index contributed by atoms with van der Waals surface area (Å²) in [5.41, 5.74) is 2.93. The molecule has 1 atom stereocenters. The van der Waals surface area contributed by atoms with Crippen LogP contribution in [0.25, 0.3) is 0 Å².